The Morgan fingerprint density at radius 1 is 1.12 bits per heavy atom. The van der Waals surface area contributed by atoms with Gasteiger partial charge in [0.15, 0.2) is 0 Å². The molecule has 2 heterocycles. The first-order chi connectivity index (χ1) is 7.32. The molecule has 1 aromatic heterocycles. The third-order valence-electron chi connectivity index (χ3n) is 3.30. The molecule has 0 bridgehead atoms. The molecule has 2 rings (SSSR count). The summed E-state index contributed by atoms with van der Waals surface area (Å²) >= 11 is 0. The van der Waals surface area contributed by atoms with Crippen LogP contribution in [0.2, 0.25) is 0 Å². The molecule has 0 atom stereocenters. The summed E-state index contributed by atoms with van der Waals surface area (Å²) in [5, 5.41) is 7.97. The summed E-state index contributed by atoms with van der Waals surface area (Å²) < 4.78 is 11.8. The number of nitrogens with zero attached hydrogens (tertiary/aromatic N) is 2. The third kappa shape index (κ3) is 1.85. The highest BCUT2D eigenvalue weighted by molar-refractivity contribution is 6.61. The largest absolute Gasteiger partial charge is 0.516 e. The van der Waals surface area contributed by atoms with Crippen molar-refractivity contribution in [2.75, 3.05) is 0 Å². The molecule has 16 heavy (non-hydrogen) atoms. The van der Waals surface area contributed by atoms with Gasteiger partial charge in [-0.15, -0.1) is 0 Å². The number of rotatable bonds is 1. The Morgan fingerprint density at radius 3 is 2.19 bits per heavy atom. The van der Waals surface area contributed by atoms with Gasteiger partial charge in [0, 0.05) is 0 Å². The zero-order chi connectivity index (χ0) is 12.0. The molecule has 1 aliphatic heterocycles. The first-order valence-corrected chi connectivity index (χ1v) is 5.47. The van der Waals surface area contributed by atoms with Gasteiger partial charge in [0.2, 0.25) is 0 Å². The van der Waals surface area contributed by atoms with Crippen LogP contribution in [0.15, 0.2) is 12.3 Å². The Balaban J connectivity index is 2.27. The Hall–Kier alpha value is -0.935. The van der Waals surface area contributed by atoms with Gasteiger partial charge in [-0.25, -0.2) is 0 Å². The molecular weight excluding hydrogens is 203 g/mol. The summed E-state index contributed by atoms with van der Waals surface area (Å²) in [4.78, 5) is 0. The lowest BCUT2D eigenvalue weighted by Crippen LogP contribution is -2.41. The van der Waals surface area contributed by atoms with Gasteiger partial charge >= 0.3 is 7.12 Å². The van der Waals surface area contributed by atoms with E-state index in [1.54, 1.807) is 6.20 Å². The first kappa shape index (κ1) is 11.5. The molecule has 0 spiro atoms. The number of hydrogen-bond donors (Lipinski definition) is 0. The molecule has 1 aliphatic rings. The van der Waals surface area contributed by atoms with Crippen molar-refractivity contribution in [3.8, 4) is 0 Å². The maximum Gasteiger partial charge on any atom is 0.516 e. The quantitative estimate of drug-likeness (QED) is 0.664. The SMILES string of the molecule is Cc1cnnc(B2OC(C)(C)C(C)(C)O2)c1. The van der Waals surface area contributed by atoms with Crippen LogP contribution in [0.1, 0.15) is 33.3 Å². The first-order valence-electron chi connectivity index (χ1n) is 5.47. The molecule has 0 N–H and O–H groups in total. The summed E-state index contributed by atoms with van der Waals surface area (Å²) in [5.41, 5.74) is 1.13. The van der Waals surface area contributed by atoms with Gasteiger partial charge in [-0.2, -0.15) is 10.2 Å². The summed E-state index contributed by atoms with van der Waals surface area (Å²) in [7, 11) is -0.419. The molecule has 5 heteroatoms. The average molecular weight is 220 g/mol. The van der Waals surface area contributed by atoms with Crippen LogP contribution in [0.25, 0.3) is 0 Å². The molecule has 0 aromatic carbocycles. The van der Waals surface area contributed by atoms with Crippen LogP contribution in [0, 0.1) is 6.92 Å². The highest BCUT2D eigenvalue weighted by Gasteiger charge is 2.52. The van der Waals surface area contributed by atoms with E-state index < -0.39 is 7.12 Å². The van der Waals surface area contributed by atoms with E-state index in [1.807, 2.05) is 40.7 Å². The molecule has 0 amide bonds. The number of hydrogen-bond acceptors (Lipinski definition) is 4. The topological polar surface area (TPSA) is 44.2 Å². The molecule has 0 radical (unpaired) electrons. The van der Waals surface area contributed by atoms with Crippen LogP contribution in [-0.4, -0.2) is 28.5 Å². The van der Waals surface area contributed by atoms with E-state index in [2.05, 4.69) is 10.2 Å². The Bertz CT molecular complexity index is 391. The lowest BCUT2D eigenvalue weighted by molar-refractivity contribution is 0.00578. The fraction of sp³-hybridized carbons (Fsp3) is 0.636. The van der Waals surface area contributed by atoms with Gasteiger partial charge in [0.25, 0.3) is 0 Å². The van der Waals surface area contributed by atoms with Crippen molar-refractivity contribution in [3.05, 3.63) is 17.8 Å². The van der Waals surface area contributed by atoms with Crippen LogP contribution in [-0.2, 0) is 9.31 Å². The predicted octanol–water partition coefficient (Wildman–Crippen LogP) is 1.08. The van der Waals surface area contributed by atoms with Gasteiger partial charge in [-0.1, -0.05) is 0 Å². The predicted molar refractivity (Wildman–Crippen MR) is 62.5 cm³/mol. The molecule has 1 saturated heterocycles. The van der Waals surface area contributed by atoms with E-state index >= 15 is 0 Å². The fourth-order valence-corrected chi connectivity index (χ4v) is 1.56. The van der Waals surface area contributed by atoms with Crippen LogP contribution in [0.4, 0.5) is 0 Å². The molecule has 1 fully saturated rings. The van der Waals surface area contributed by atoms with Crippen molar-refractivity contribution in [2.45, 2.75) is 45.8 Å². The second kappa shape index (κ2) is 3.53. The molecule has 86 valence electrons. The van der Waals surface area contributed by atoms with Crippen LogP contribution < -0.4 is 5.59 Å². The van der Waals surface area contributed by atoms with Gasteiger partial charge in [-0.05, 0) is 46.2 Å². The van der Waals surface area contributed by atoms with Crippen LogP contribution in [0.3, 0.4) is 0 Å². The minimum absolute atomic E-state index is 0.330. The Labute approximate surface area is 96.5 Å². The lowest BCUT2D eigenvalue weighted by Gasteiger charge is -2.32. The van der Waals surface area contributed by atoms with Crippen LogP contribution >= 0.6 is 0 Å². The van der Waals surface area contributed by atoms with Gasteiger partial charge in [0.1, 0.15) is 0 Å². The average Bonchev–Trinajstić information content (AvgIpc) is 2.36. The van der Waals surface area contributed by atoms with E-state index in [4.69, 9.17) is 9.31 Å². The smallest absolute Gasteiger partial charge is 0.398 e. The molecule has 0 saturated carbocycles. The Morgan fingerprint density at radius 2 is 1.69 bits per heavy atom. The van der Waals surface area contributed by atoms with Crippen molar-refractivity contribution in [1.29, 1.82) is 0 Å². The van der Waals surface area contributed by atoms with Crippen molar-refractivity contribution in [2.24, 2.45) is 0 Å². The van der Waals surface area contributed by atoms with E-state index in [-0.39, 0.29) is 11.2 Å². The van der Waals surface area contributed by atoms with E-state index in [0.717, 1.165) is 11.2 Å². The molecule has 1 aromatic rings. The van der Waals surface area contributed by atoms with E-state index in [0.29, 0.717) is 0 Å². The monoisotopic (exact) mass is 220 g/mol. The van der Waals surface area contributed by atoms with Crippen molar-refractivity contribution >= 4 is 12.7 Å². The van der Waals surface area contributed by atoms with Crippen molar-refractivity contribution in [1.82, 2.24) is 10.2 Å². The van der Waals surface area contributed by atoms with Crippen LogP contribution in [0.5, 0.6) is 0 Å². The standard InChI is InChI=1S/C11H17BN2O2/c1-8-6-9(14-13-7-8)12-15-10(2,3)11(4,5)16-12/h6-7H,1-5H3. The van der Waals surface area contributed by atoms with Crippen molar-refractivity contribution < 1.29 is 9.31 Å². The maximum absolute atomic E-state index is 5.88. The third-order valence-corrected chi connectivity index (χ3v) is 3.30. The highest BCUT2D eigenvalue weighted by atomic mass is 16.7. The molecular formula is C11H17BN2O2. The normalized spacial score (nSPS) is 22.4. The number of aromatic nitrogens is 2. The molecule has 0 aliphatic carbocycles. The van der Waals surface area contributed by atoms with Gasteiger partial charge < -0.3 is 9.31 Å². The van der Waals surface area contributed by atoms with E-state index in [1.165, 1.54) is 0 Å². The fourth-order valence-electron chi connectivity index (χ4n) is 1.56. The minimum Gasteiger partial charge on any atom is -0.398 e. The minimum atomic E-state index is -0.419. The number of aryl methyl sites for hydroxylation is 1. The Kier molecular flexibility index (Phi) is 2.55. The second-order valence-corrected chi connectivity index (χ2v) is 5.25. The zero-order valence-electron chi connectivity index (χ0n) is 10.4. The van der Waals surface area contributed by atoms with Gasteiger partial charge in [0.05, 0.1) is 23.0 Å². The molecule has 4 nitrogen and oxygen atoms in total. The summed E-state index contributed by atoms with van der Waals surface area (Å²) in [6.45, 7) is 10.1. The second-order valence-electron chi connectivity index (χ2n) is 5.25. The highest BCUT2D eigenvalue weighted by Crippen LogP contribution is 2.36. The maximum atomic E-state index is 5.88. The van der Waals surface area contributed by atoms with E-state index in [9.17, 15) is 0 Å². The molecule has 0 unspecified atom stereocenters. The van der Waals surface area contributed by atoms with Gasteiger partial charge in [-0.3, -0.25) is 0 Å². The summed E-state index contributed by atoms with van der Waals surface area (Å²) in [6.07, 6.45) is 1.72. The summed E-state index contributed by atoms with van der Waals surface area (Å²) in [6, 6.07) is 1.94. The zero-order valence-corrected chi connectivity index (χ0v) is 10.4. The van der Waals surface area contributed by atoms with Crippen molar-refractivity contribution in [3.63, 3.8) is 0 Å². The summed E-state index contributed by atoms with van der Waals surface area (Å²) in [5.74, 6) is 0. The lowest BCUT2D eigenvalue weighted by atomic mass is 9.84.